The summed E-state index contributed by atoms with van der Waals surface area (Å²) in [4.78, 5) is 11.1. The first-order valence-corrected chi connectivity index (χ1v) is 6.40. The van der Waals surface area contributed by atoms with Gasteiger partial charge in [-0.25, -0.2) is 0 Å². The average Bonchev–Trinajstić information content (AvgIpc) is 2.25. The monoisotopic (exact) mass is 238 g/mol. The van der Waals surface area contributed by atoms with Crippen LogP contribution in [-0.2, 0) is 4.79 Å². The summed E-state index contributed by atoms with van der Waals surface area (Å²) in [6, 6.07) is 10.0. The molecule has 0 amide bonds. The van der Waals surface area contributed by atoms with Crippen molar-refractivity contribution in [1.82, 2.24) is 0 Å². The van der Waals surface area contributed by atoms with E-state index in [0.29, 0.717) is 0 Å². The van der Waals surface area contributed by atoms with Gasteiger partial charge in [-0.05, 0) is 18.4 Å². The van der Waals surface area contributed by atoms with E-state index < -0.39 is 5.97 Å². The van der Waals surface area contributed by atoms with Gasteiger partial charge >= 0.3 is 5.97 Å². The van der Waals surface area contributed by atoms with Crippen molar-refractivity contribution >= 4 is 17.7 Å². The molecule has 3 heteroatoms. The van der Waals surface area contributed by atoms with Gasteiger partial charge in [-0.1, -0.05) is 44.2 Å². The van der Waals surface area contributed by atoms with Crippen molar-refractivity contribution < 1.29 is 9.90 Å². The number of thioether (sulfide) groups is 1. The number of hydrogen-bond acceptors (Lipinski definition) is 2. The SMILES string of the molecule is CC(SC(C(=O)O)C(C)C)c1ccccc1. The summed E-state index contributed by atoms with van der Waals surface area (Å²) in [6.45, 7) is 5.95. The van der Waals surface area contributed by atoms with Gasteiger partial charge in [0.2, 0.25) is 0 Å². The Kier molecular flexibility index (Phi) is 4.87. The fourth-order valence-corrected chi connectivity index (χ4v) is 2.71. The summed E-state index contributed by atoms with van der Waals surface area (Å²) in [6.07, 6.45) is 0. The van der Waals surface area contributed by atoms with E-state index in [4.69, 9.17) is 5.11 Å². The first-order chi connectivity index (χ1) is 7.52. The van der Waals surface area contributed by atoms with Crippen molar-refractivity contribution in [3.63, 3.8) is 0 Å². The highest BCUT2D eigenvalue weighted by Crippen LogP contribution is 2.34. The molecule has 0 heterocycles. The molecule has 16 heavy (non-hydrogen) atoms. The molecule has 2 unspecified atom stereocenters. The van der Waals surface area contributed by atoms with Gasteiger partial charge in [-0.3, -0.25) is 4.79 Å². The molecule has 2 atom stereocenters. The number of carbonyl (C=O) groups is 1. The number of benzene rings is 1. The Morgan fingerprint density at radius 3 is 2.19 bits per heavy atom. The van der Waals surface area contributed by atoms with Crippen LogP contribution in [-0.4, -0.2) is 16.3 Å². The van der Waals surface area contributed by atoms with Crippen LogP contribution in [0, 0.1) is 5.92 Å². The van der Waals surface area contributed by atoms with Crippen LogP contribution >= 0.6 is 11.8 Å². The topological polar surface area (TPSA) is 37.3 Å². The molecule has 88 valence electrons. The molecule has 0 aromatic heterocycles. The summed E-state index contributed by atoms with van der Waals surface area (Å²) >= 11 is 1.51. The molecule has 1 aromatic carbocycles. The van der Waals surface area contributed by atoms with Gasteiger partial charge in [0.05, 0.1) is 0 Å². The molecule has 0 aliphatic rings. The maximum Gasteiger partial charge on any atom is 0.316 e. The van der Waals surface area contributed by atoms with Crippen molar-refractivity contribution in [2.24, 2.45) is 5.92 Å². The maximum atomic E-state index is 11.1. The lowest BCUT2D eigenvalue weighted by atomic mass is 10.1. The van der Waals surface area contributed by atoms with Crippen molar-refractivity contribution in [2.75, 3.05) is 0 Å². The molecule has 1 N–H and O–H groups in total. The van der Waals surface area contributed by atoms with E-state index in [2.05, 4.69) is 6.92 Å². The Hall–Kier alpha value is -0.960. The summed E-state index contributed by atoms with van der Waals surface area (Å²) in [5.74, 6) is -0.573. The van der Waals surface area contributed by atoms with Gasteiger partial charge in [0, 0.05) is 5.25 Å². The van der Waals surface area contributed by atoms with Crippen molar-refractivity contribution in [1.29, 1.82) is 0 Å². The van der Waals surface area contributed by atoms with Gasteiger partial charge in [-0.2, -0.15) is 0 Å². The third kappa shape index (κ3) is 3.56. The van der Waals surface area contributed by atoms with Crippen LogP contribution in [0.25, 0.3) is 0 Å². The summed E-state index contributed by atoms with van der Waals surface area (Å²) in [5.41, 5.74) is 1.18. The van der Waals surface area contributed by atoms with E-state index in [-0.39, 0.29) is 16.4 Å². The Balaban J connectivity index is 2.69. The maximum absolute atomic E-state index is 11.1. The largest absolute Gasteiger partial charge is 0.480 e. The van der Waals surface area contributed by atoms with E-state index in [0.717, 1.165) is 0 Å². The highest BCUT2D eigenvalue weighted by molar-refractivity contribution is 8.00. The van der Waals surface area contributed by atoms with Crippen molar-refractivity contribution in [3.8, 4) is 0 Å². The number of hydrogen-bond donors (Lipinski definition) is 1. The number of carboxylic acid groups (broad SMARTS) is 1. The van der Waals surface area contributed by atoms with E-state index >= 15 is 0 Å². The Bertz CT molecular complexity index is 335. The van der Waals surface area contributed by atoms with Crippen LogP contribution in [0.3, 0.4) is 0 Å². The molecular weight excluding hydrogens is 220 g/mol. The second-order valence-corrected chi connectivity index (χ2v) is 5.68. The second kappa shape index (κ2) is 5.94. The molecule has 0 bridgehead atoms. The lowest BCUT2D eigenvalue weighted by Crippen LogP contribution is -2.23. The predicted octanol–water partition coefficient (Wildman–Crippen LogP) is 3.59. The minimum atomic E-state index is -0.720. The van der Waals surface area contributed by atoms with Crippen LogP contribution in [0.2, 0.25) is 0 Å². The van der Waals surface area contributed by atoms with E-state index in [1.165, 1.54) is 17.3 Å². The van der Waals surface area contributed by atoms with Gasteiger partial charge in [0.15, 0.2) is 0 Å². The third-order valence-electron chi connectivity index (χ3n) is 2.47. The van der Waals surface area contributed by atoms with E-state index in [1.54, 1.807) is 0 Å². The number of aliphatic carboxylic acids is 1. The van der Waals surface area contributed by atoms with Crippen molar-refractivity contribution in [3.05, 3.63) is 35.9 Å². The van der Waals surface area contributed by atoms with Gasteiger partial charge in [0.25, 0.3) is 0 Å². The Labute approximate surface area is 101 Å². The van der Waals surface area contributed by atoms with E-state index in [9.17, 15) is 4.79 Å². The van der Waals surface area contributed by atoms with Crippen LogP contribution in [0.15, 0.2) is 30.3 Å². The summed E-state index contributed by atoms with van der Waals surface area (Å²) in [5, 5.41) is 8.99. The molecule has 1 aromatic rings. The Morgan fingerprint density at radius 1 is 1.19 bits per heavy atom. The molecule has 0 fully saturated rings. The molecule has 0 saturated heterocycles. The van der Waals surface area contributed by atoms with Gasteiger partial charge < -0.3 is 5.11 Å². The third-order valence-corrected chi connectivity index (χ3v) is 4.19. The first kappa shape index (κ1) is 13.1. The highest BCUT2D eigenvalue weighted by Gasteiger charge is 2.24. The van der Waals surface area contributed by atoms with Crippen LogP contribution in [0.1, 0.15) is 31.6 Å². The van der Waals surface area contributed by atoms with Gasteiger partial charge in [-0.15, -0.1) is 11.8 Å². The standard InChI is InChI=1S/C13H18O2S/c1-9(2)12(13(14)15)16-10(3)11-7-5-4-6-8-11/h4-10,12H,1-3H3,(H,14,15). The van der Waals surface area contributed by atoms with Crippen LogP contribution in [0.4, 0.5) is 0 Å². The van der Waals surface area contributed by atoms with Gasteiger partial charge in [0.1, 0.15) is 5.25 Å². The normalized spacial score (nSPS) is 14.8. The summed E-state index contributed by atoms with van der Waals surface area (Å²) in [7, 11) is 0. The Morgan fingerprint density at radius 2 is 1.75 bits per heavy atom. The lowest BCUT2D eigenvalue weighted by Gasteiger charge is -2.20. The average molecular weight is 238 g/mol. The molecule has 0 aliphatic carbocycles. The molecule has 0 saturated carbocycles. The fourth-order valence-electron chi connectivity index (χ4n) is 1.52. The molecule has 0 spiro atoms. The zero-order chi connectivity index (χ0) is 12.1. The zero-order valence-electron chi connectivity index (χ0n) is 9.88. The van der Waals surface area contributed by atoms with Crippen molar-refractivity contribution in [2.45, 2.75) is 31.3 Å². The molecule has 2 nitrogen and oxygen atoms in total. The van der Waals surface area contributed by atoms with E-state index in [1.807, 2.05) is 44.2 Å². The number of rotatable bonds is 5. The number of carboxylic acids is 1. The fraction of sp³-hybridized carbons (Fsp3) is 0.462. The molecule has 0 radical (unpaired) electrons. The smallest absolute Gasteiger partial charge is 0.316 e. The zero-order valence-corrected chi connectivity index (χ0v) is 10.7. The molecular formula is C13H18O2S. The molecule has 0 aliphatic heterocycles. The first-order valence-electron chi connectivity index (χ1n) is 5.45. The predicted molar refractivity (Wildman–Crippen MR) is 68.7 cm³/mol. The van der Waals surface area contributed by atoms with Crippen LogP contribution in [0.5, 0.6) is 0 Å². The highest BCUT2D eigenvalue weighted by atomic mass is 32.2. The second-order valence-electron chi connectivity index (χ2n) is 4.19. The minimum Gasteiger partial charge on any atom is -0.480 e. The van der Waals surface area contributed by atoms with Crippen LogP contribution < -0.4 is 0 Å². The molecule has 1 rings (SSSR count). The quantitative estimate of drug-likeness (QED) is 0.851. The minimum absolute atomic E-state index is 0.147. The summed E-state index contributed by atoms with van der Waals surface area (Å²) < 4.78 is 0. The lowest BCUT2D eigenvalue weighted by molar-refractivity contribution is -0.137.